The van der Waals surface area contributed by atoms with E-state index in [0.717, 1.165) is 12.4 Å². The Kier molecular flexibility index (Phi) is 4.30. The lowest BCUT2D eigenvalue weighted by molar-refractivity contribution is 0.325. The zero-order chi connectivity index (χ0) is 11.3. The van der Waals surface area contributed by atoms with E-state index < -0.39 is 0 Å². The van der Waals surface area contributed by atoms with Crippen molar-refractivity contribution in [1.29, 1.82) is 0 Å². The quantitative estimate of drug-likeness (QED) is 0.773. The van der Waals surface area contributed by atoms with Crippen LogP contribution in [0.5, 0.6) is 5.88 Å². The van der Waals surface area contributed by atoms with Crippen molar-refractivity contribution in [3.05, 3.63) is 12.4 Å². The summed E-state index contributed by atoms with van der Waals surface area (Å²) in [5.41, 5.74) is 5.71. The Morgan fingerprint density at radius 2 is 2.27 bits per heavy atom. The van der Waals surface area contributed by atoms with Gasteiger partial charge in [-0.3, -0.25) is 4.98 Å². The van der Waals surface area contributed by atoms with E-state index in [4.69, 9.17) is 10.5 Å². The Hall–Kier alpha value is -1.36. The standard InChI is InChI=1S/C10H18N4O/c1-4-15-10-6-12-5-9(13-10)14(3)7-8(2)11/h5-6,8H,4,7,11H2,1-3H3. The fourth-order valence-corrected chi connectivity index (χ4v) is 1.27. The van der Waals surface area contributed by atoms with Crippen LogP contribution >= 0.6 is 0 Å². The third-order valence-corrected chi connectivity index (χ3v) is 1.84. The summed E-state index contributed by atoms with van der Waals surface area (Å²) in [5, 5.41) is 0. The Balaban J connectivity index is 2.71. The van der Waals surface area contributed by atoms with Gasteiger partial charge in [-0.2, -0.15) is 4.98 Å². The van der Waals surface area contributed by atoms with E-state index in [1.165, 1.54) is 0 Å². The molecule has 0 aromatic carbocycles. The van der Waals surface area contributed by atoms with Gasteiger partial charge < -0.3 is 15.4 Å². The minimum absolute atomic E-state index is 0.104. The number of hydrogen-bond donors (Lipinski definition) is 1. The number of hydrogen-bond acceptors (Lipinski definition) is 5. The lowest BCUT2D eigenvalue weighted by Gasteiger charge is -2.20. The second-order valence-corrected chi connectivity index (χ2v) is 3.51. The minimum atomic E-state index is 0.104. The van der Waals surface area contributed by atoms with Crippen molar-refractivity contribution in [1.82, 2.24) is 9.97 Å². The number of aromatic nitrogens is 2. The molecule has 0 aliphatic rings. The van der Waals surface area contributed by atoms with Crippen LogP contribution in [-0.4, -0.2) is 36.2 Å². The predicted molar refractivity (Wildman–Crippen MR) is 60.1 cm³/mol. The lowest BCUT2D eigenvalue weighted by Crippen LogP contribution is -2.33. The Labute approximate surface area is 90.3 Å². The van der Waals surface area contributed by atoms with Gasteiger partial charge in [0.1, 0.15) is 0 Å². The predicted octanol–water partition coefficient (Wildman–Crippen LogP) is 0.659. The smallest absolute Gasteiger partial charge is 0.234 e. The normalized spacial score (nSPS) is 12.3. The van der Waals surface area contributed by atoms with Crippen molar-refractivity contribution in [3.8, 4) is 5.88 Å². The first-order chi connectivity index (χ1) is 7.13. The summed E-state index contributed by atoms with van der Waals surface area (Å²) >= 11 is 0. The first kappa shape index (κ1) is 11.7. The van der Waals surface area contributed by atoms with E-state index >= 15 is 0 Å². The highest BCUT2D eigenvalue weighted by Crippen LogP contribution is 2.12. The van der Waals surface area contributed by atoms with E-state index in [0.29, 0.717) is 12.5 Å². The van der Waals surface area contributed by atoms with Crippen molar-refractivity contribution in [2.45, 2.75) is 19.9 Å². The van der Waals surface area contributed by atoms with Gasteiger partial charge in [-0.25, -0.2) is 0 Å². The number of rotatable bonds is 5. The van der Waals surface area contributed by atoms with Crippen molar-refractivity contribution < 1.29 is 4.74 Å². The van der Waals surface area contributed by atoms with Crippen molar-refractivity contribution in [3.63, 3.8) is 0 Å². The summed E-state index contributed by atoms with van der Waals surface area (Å²) in [6.45, 7) is 5.20. The molecule has 0 radical (unpaired) electrons. The molecule has 5 heteroatoms. The zero-order valence-electron chi connectivity index (χ0n) is 9.47. The average Bonchev–Trinajstić information content (AvgIpc) is 2.17. The topological polar surface area (TPSA) is 64.3 Å². The van der Waals surface area contributed by atoms with Crippen LogP contribution in [0, 0.1) is 0 Å². The molecule has 2 N–H and O–H groups in total. The van der Waals surface area contributed by atoms with Gasteiger partial charge in [-0.05, 0) is 13.8 Å². The van der Waals surface area contributed by atoms with Crippen LogP contribution in [0.4, 0.5) is 5.82 Å². The molecule has 1 rings (SSSR count). The molecule has 0 bridgehead atoms. The second-order valence-electron chi connectivity index (χ2n) is 3.51. The molecule has 0 amide bonds. The van der Waals surface area contributed by atoms with Gasteiger partial charge in [0.25, 0.3) is 0 Å². The summed E-state index contributed by atoms with van der Waals surface area (Å²) in [7, 11) is 1.93. The molecular weight excluding hydrogens is 192 g/mol. The lowest BCUT2D eigenvalue weighted by atomic mass is 10.3. The van der Waals surface area contributed by atoms with Gasteiger partial charge in [-0.15, -0.1) is 0 Å². The number of anilines is 1. The van der Waals surface area contributed by atoms with Gasteiger partial charge in [0.15, 0.2) is 5.82 Å². The minimum Gasteiger partial charge on any atom is -0.477 e. The Morgan fingerprint density at radius 3 is 2.87 bits per heavy atom. The van der Waals surface area contributed by atoms with E-state index in [1.807, 2.05) is 25.8 Å². The van der Waals surface area contributed by atoms with Crippen LogP contribution in [0.1, 0.15) is 13.8 Å². The van der Waals surface area contributed by atoms with Crippen LogP contribution in [0.2, 0.25) is 0 Å². The van der Waals surface area contributed by atoms with E-state index in [1.54, 1.807) is 12.4 Å². The van der Waals surface area contributed by atoms with Crippen LogP contribution in [0.15, 0.2) is 12.4 Å². The average molecular weight is 210 g/mol. The molecule has 84 valence electrons. The molecule has 5 nitrogen and oxygen atoms in total. The van der Waals surface area contributed by atoms with Crippen LogP contribution in [0.3, 0.4) is 0 Å². The summed E-state index contributed by atoms with van der Waals surface area (Å²) < 4.78 is 5.27. The number of likely N-dealkylation sites (N-methyl/N-ethyl adjacent to an activating group) is 1. The number of ether oxygens (including phenoxy) is 1. The molecule has 1 heterocycles. The summed E-state index contributed by atoms with van der Waals surface area (Å²) in [5.74, 6) is 1.32. The van der Waals surface area contributed by atoms with Gasteiger partial charge in [-0.1, -0.05) is 0 Å². The monoisotopic (exact) mass is 210 g/mol. The van der Waals surface area contributed by atoms with Crippen molar-refractivity contribution in [2.75, 3.05) is 25.1 Å². The largest absolute Gasteiger partial charge is 0.477 e. The molecular formula is C10H18N4O. The first-order valence-electron chi connectivity index (χ1n) is 5.05. The molecule has 0 saturated heterocycles. The van der Waals surface area contributed by atoms with E-state index in [2.05, 4.69) is 9.97 Å². The molecule has 0 fully saturated rings. The van der Waals surface area contributed by atoms with Crippen LogP contribution < -0.4 is 15.4 Å². The highest BCUT2D eigenvalue weighted by atomic mass is 16.5. The number of nitrogens with two attached hydrogens (primary N) is 1. The van der Waals surface area contributed by atoms with Gasteiger partial charge in [0.2, 0.25) is 5.88 Å². The van der Waals surface area contributed by atoms with E-state index in [-0.39, 0.29) is 6.04 Å². The van der Waals surface area contributed by atoms with Crippen molar-refractivity contribution in [2.24, 2.45) is 5.73 Å². The molecule has 1 aromatic heterocycles. The van der Waals surface area contributed by atoms with Crippen molar-refractivity contribution >= 4 is 5.82 Å². The van der Waals surface area contributed by atoms with Crippen LogP contribution in [0.25, 0.3) is 0 Å². The summed E-state index contributed by atoms with van der Waals surface area (Å²) in [6, 6.07) is 0.104. The molecule has 0 aliphatic heterocycles. The van der Waals surface area contributed by atoms with E-state index in [9.17, 15) is 0 Å². The highest BCUT2D eigenvalue weighted by Gasteiger charge is 2.06. The maximum atomic E-state index is 5.71. The van der Waals surface area contributed by atoms with Gasteiger partial charge in [0, 0.05) is 19.6 Å². The van der Waals surface area contributed by atoms with Gasteiger partial charge >= 0.3 is 0 Å². The molecule has 1 atom stereocenters. The zero-order valence-corrected chi connectivity index (χ0v) is 9.47. The summed E-state index contributed by atoms with van der Waals surface area (Å²) in [4.78, 5) is 10.3. The second kappa shape index (κ2) is 5.50. The molecule has 15 heavy (non-hydrogen) atoms. The molecule has 0 saturated carbocycles. The molecule has 0 spiro atoms. The fraction of sp³-hybridized carbons (Fsp3) is 0.600. The highest BCUT2D eigenvalue weighted by molar-refractivity contribution is 5.36. The Bertz CT molecular complexity index is 303. The Morgan fingerprint density at radius 1 is 1.53 bits per heavy atom. The third-order valence-electron chi connectivity index (χ3n) is 1.84. The SMILES string of the molecule is CCOc1cncc(N(C)CC(C)N)n1. The maximum absolute atomic E-state index is 5.71. The molecule has 1 unspecified atom stereocenters. The summed E-state index contributed by atoms with van der Waals surface area (Å²) in [6.07, 6.45) is 3.30. The first-order valence-corrected chi connectivity index (χ1v) is 5.05. The molecule has 1 aromatic rings. The molecule has 0 aliphatic carbocycles. The fourth-order valence-electron chi connectivity index (χ4n) is 1.27. The van der Waals surface area contributed by atoms with Gasteiger partial charge in [0.05, 0.1) is 19.0 Å². The third kappa shape index (κ3) is 3.71. The van der Waals surface area contributed by atoms with Crippen LogP contribution in [-0.2, 0) is 0 Å². The number of nitrogens with zero attached hydrogens (tertiary/aromatic N) is 3. The maximum Gasteiger partial charge on any atom is 0.234 e.